The Morgan fingerprint density at radius 3 is 2.40 bits per heavy atom. The summed E-state index contributed by atoms with van der Waals surface area (Å²) in [6.45, 7) is 7.70. The highest BCUT2D eigenvalue weighted by molar-refractivity contribution is 6.31. The summed E-state index contributed by atoms with van der Waals surface area (Å²) in [5.41, 5.74) is 1.51. The number of amides is 4. The van der Waals surface area contributed by atoms with Crippen molar-refractivity contribution in [3.63, 3.8) is 0 Å². The number of nitrogens with one attached hydrogen (secondary N) is 1. The highest BCUT2D eigenvalue weighted by Gasteiger charge is 2.34. The molecule has 1 aliphatic rings. The van der Waals surface area contributed by atoms with E-state index in [4.69, 9.17) is 4.74 Å². The molecule has 1 saturated heterocycles. The number of imide groups is 2. The molecule has 0 aliphatic carbocycles. The van der Waals surface area contributed by atoms with Crippen LogP contribution in [0.2, 0.25) is 0 Å². The van der Waals surface area contributed by atoms with Gasteiger partial charge in [-0.2, -0.15) is 0 Å². The van der Waals surface area contributed by atoms with Gasteiger partial charge < -0.3 is 9.64 Å². The number of ether oxygens (including phenoxy) is 1. The molecule has 0 spiro atoms. The van der Waals surface area contributed by atoms with E-state index in [-0.39, 0.29) is 12.1 Å². The molecule has 1 fully saturated rings. The lowest BCUT2D eigenvalue weighted by atomic mass is 10.1. The number of hydrogen-bond acceptors (Lipinski definition) is 5. The van der Waals surface area contributed by atoms with Crippen LogP contribution in [0.3, 0.4) is 0 Å². The van der Waals surface area contributed by atoms with Crippen LogP contribution in [-0.4, -0.2) is 49.5 Å². The van der Waals surface area contributed by atoms with E-state index in [2.05, 4.69) is 24.1 Å². The van der Waals surface area contributed by atoms with Crippen molar-refractivity contribution in [2.24, 2.45) is 0 Å². The number of benzene rings is 1. The van der Waals surface area contributed by atoms with E-state index >= 15 is 0 Å². The molecule has 4 amide bonds. The van der Waals surface area contributed by atoms with Crippen LogP contribution < -0.4 is 15.0 Å². The molecule has 7 nitrogen and oxygen atoms in total. The summed E-state index contributed by atoms with van der Waals surface area (Å²) in [5, 5.41) is 2.18. The predicted molar refractivity (Wildman–Crippen MR) is 95.5 cm³/mol. The summed E-state index contributed by atoms with van der Waals surface area (Å²) in [4.78, 5) is 39.2. The molecule has 1 N–H and O–H groups in total. The van der Waals surface area contributed by atoms with E-state index in [1.165, 1.54) is 13.2 Å². The number of methoxy groups -OCH3 is 1. The van der Waals surface area contributed by atoms with Gasteiger partial charge in [-0.3, -0.25) is 19.8 Å². The van der Waals surface area contributed by atoms with Crippen molar-refractivity contribution in [1.82, 2.24) is 10.2 Å². The molecular formula is C18H23N3O4. The minimum atomic E-state index is -0.699. The minimum absolute atomic E-state index is 0.0876. The predicted octanol–water partition coefficient (Wildman–Crippen LogP) is 2.02. The zero-order valence-electron chi connectivity index (χ0n) is 15.0. The summed E-state index contributed by atoms with van der Waals surface area (Å²) in [5.74, 6) is -0.752. The molecule has 1 aromatic carbocycles. The number of anilines is 1. The molecule has 0 atom stereocenters. The largest absolute Gasteiger partial charge is 0.496 e. The summed E-state index contributed by atoms with van der Waals surface area (Å²) in [6.07, 6.45) is 1.46. The maximum atomic E-state index is 12.4. The van der Waals surface area contributed by atoms with Gasteiger partial charge in [0.1, 0.15) is 11.3 Å². The Hall–Kier alpha value is -2.83. The van der Waals surface area contributed by atoms with Gasteiger partial charge in [-0.15, -0.1) is 0 Å². The normalized spacial score (nSPS) is 16.2. The highest BCUT2D eigenvalue weighted by Crippen LogP contribution is 2.28. The summed E-state index contributed by atoms with van der Waals surface area (Å²) < 4.78 is 5.42. The fraction of sp³-hybridized carbons (Fsp3) is 0.389. The average molecular weight is 345 g/mol. The van der Waals surface area contributed by atoms with Crippen LogP contribution in [-0.2, 0) is 9.59 Å². The van der Waals surface area contributed by atoms with Crippen LogP contribution in [0, 0.1) is 0 Å². The molecule has 2 rings (SSSR count). The Bertz CT molecular complexity index is 723. The number of nitrogens with zero attached hydrogens (tertiary/aromatic N) is 2. The Balaban J connectivity index is 2.44. The van der Waals surface area contributed by atoms with Gasteiger partial charge in [-0.05, 0) is 39.0 Å². The van der Waals surface area contributed by atoms with Crippen molar-refractivity contribution < 1.29 is 19.1 Å². The van der Waals surface area contributed by atoms with E-state index in [9.17, 15) is 14.4 Å². The Morgan fingerprint density at radius 2 is 1.84 bits per heavy atom. The topological polar surface area (TPSA) is 79.0 Å². The second-order valence-corrected chi connectivity index (χ2v) is 5.47. The van der Waals surface area contributed by atoms with Gasteiger partial charge in [-0.1, -0.05) is 0 Å². The van der Waals surface area contributed by atoms with Gasteiger partial charge in [0.15, 0.2) is 0 Å². The Morgan fingerprint density at radius 1 is 1.16 bits per heavy atom. The molecular weight excluding hydrogens is 322 g/mol. The van der Waals surface area contributed by atoms with Crippen molar-refractivity contribution >= 4 is 29.6 Å². The maximum Gasteiger partial charge on any atom is 0.331 e. The number of likely N-dealkylation sites (N-methyl/N-ethyl adjacent to an activating group) is 1. The van der Waals surface area contributed by atoms with Crippen molar-refractivity contribution in [2.75, 3.05) is 31.6 Å². The standard InChI is InChI=1S/C18H23N3O4/c1-5-20(6-2)13-9-8-12(15(11-13)25-4)10-14-16(22)19-18(24)21(7-3)17(14)23/h8-11H,5-7H2,1-4H3,(H,19,22,24)/b14-10+. The number of carbonyl (C=O) groups is 3. The van der Waals surface area contributed by atoms with E-state index in [1.807, 2.05) is 12.1 Å². The lowest BCUT2D eigenvalue weighted by Crippen LogP contribution is -2.53. The van der Waals surface area contributed by atoms with Crippen LogP contribution >= 0.6 is 0 Å². The molecule has 1 heterocycles. The summed E-state index contributed by atoms with van der Waals surface area (Å²) >= 11 is 0. The van der Waals surface area contributed by atoms with Gasteiger partial charge >= 0.3 is 6.03 Å². The second kappa shape index (κ2) is 7.83. The number of barbiturate groups is 1. The minimum Gasteiger partial charge on any atom is -0.496 e. The molecule has 0 aromatic heterocycles. The number of carbonyl (C=O) groups excluding carboxylic acids is 3. The molecule has 7 heteroatoms. The molecule has 134 valence electrons. The molecule has 0 saturated carbocycles. The SMILES string of the molecule is CCN1C(=O)NC(=O)/C(=C\c2ccc(N(CC)CC)cc2OC)C1=O. The van der Waals surface area contributed by atoms with E-state index in [0.29, 0.717) is 11.3 Å². The zero-order chi connectivity index (χ0) is 18.6. The van der Waals surface area contributed by atoms with Crippen LogP contribution in [0.5, 0.6) is 5.75 Å². The van der Waals surface area contributed by atoms with Crippen LogP contribution in [0.4, 0.5) is 10.5 Å². The van der Waals surface area contributed by atoms with E-state index in [1.54, 1.807) is 13.0 Å². The first-order valence-electron chi connectivity index (χ1n) is 8.28. The molecule has 1 aromatic rings. The van der Waals surface area contributed by atoms with Crippen molar-refractivity contribution in [1.29, 1.82) is 0 Å². The third-order valence-corrected chi connectivity index (χ3v) is 4.15. The lowest BCUT2D eigenvalue weighted by molar-refractivity contribution is -0.129. The zero-order valence-corrected chi connectivity index (χ0v) is 15.0. The van der Waals surface area contributed by atoms with Crippen LogP contribution in [0.25, 0.3) is 6.08 Å². The van der Waals surface area contributed by atoms with Gasteiger partial charge in [0.2, 0.25) is 0 Å². The van der Waals surface area contributed by atoms with Gasteiger partial charge in [0, 0.05) is 37.0 Å². The number of hydrogen-bond donors (Lipinski definition) is 1. The third kappa shape index (κ3) is 3.65. The van der Waals surface area contributed by atoms with Gasteiger partial charge in [0.05, 0.1) is 7.11 Å². The highest BCUT2D eigenvalue weighted by atomic mass is 16.5. The van der Waals surface area contributed by atoms with Crippen LogP contribution in [0.15, 0.2) is 23.8 Å². The summed E-state index contributed by atoms with van der Waals surface area (Å²) in [6, 6.07) is 4.88. The van der Waals surface area contributed by atoms with Gasteiger partial charge in [-0.25, -0.2) is 4.79 Å². The van der Waals surface area contributed by atoms with E-state index < -0.39 is 17.8 Å². The van der Waals surface area contributed by atoms with Crippen molar-refractivity contribution in [2.45, 2.75) is 20.8 Å². The first-order chi connectivity index (χ1) is 12.0. The van der Waals surface area contributed by atoms with Crippen molar-refractivity contribution in [3.8, 4) is 5.75 Å². The first-order valence-corrected chi connectivity index (χ1v) is 8.28. The molecule has 0 unspecified atom stereocenters. The van der Waals surface area contributed by atoms with Crippen LogP contribution in [0.1, 0.15) is 26.3 Å². The monoisotopic (exact) mass is 345 g/mol. The smallest absolute Gasteiger partial charge is 0.331 e. The quantitative estimate of drug-likeness (QED) is 0.630. The third-order valence-electron chi connectivity index (χ3n) is 4.15. The average Bonchev–Trinajstić information content (AvgIpc) is 2.60. The number of rotatable bonds is 6. The first kappa shape index (κ1) is 18.5. The molecule has 0 radical (unpaired) electrons. The maximum absolute atomic E-state index is 12.4. The summed E-state index contributed by atoms with van der Waals surface area (Å²) in [7, 11) is 1.54. The molecule has 25 heavy (non-hydrogen) atoms. The fourth-order valence-corrected chi connectivity index (χ4v) is 2.74. The Labute approximate surface area is 147 Å². The second-order valence-electron chi connectivity index (χ2n) is 5.47. The Kier molecular flexibility index (Phi) is 5.80. The van der Waals surface area contributed by atoms with Gasteiger partial charge in [0.25, 0.3) is 11.8 Å². The number of urea groups is 1. The van der Waals surface area contributed by atoms with E-state index in [0.717, 1.165) is 23.7 Å². The molecule has 1 aliphatic heterocycles. The lowest BCUT2D eigenvalue weighted by Gasteiger charge is -2.25. The fourth-order valence-electron chi connectivity index (χ4n) is 2.74. The molecule has 0 bridgehead atoms. The van der Waals surface area contributed by atoms with Crippen molar-refractivity contribution in [3.05, 3.63) is 29.3 Å².